The second-order valence-electron chi connectivity index (χ2n) is 7.87. The van der Waals surface area contributed by atoms with Crippen LogP contribution >= 0.6 is 0 Å². The summed E-state index contributed by atoms with van der Waals surface area (Å²) in [7, 11) is 0. The molecule has 0 amide bonds. The van der Waals surface area contributed by atoms with Crippen LogP contribution < -0.4 is 4.74 Å². The Morgan fingerprint density at radius 1 is 0.900 bits per heavy atom. The average molecular weight is 397 g/mol. The molecule has 0 bridgehead atoms. The SMILES string of the molecule is CCCCCOc1ccc(C(=O)C2(c3ccccc3)CC=Cc3ccccc32)cc1. The number of allylic oxidation sites excluding steroid dienone is 1. The Hall–Kier alpha value is -3.13. The van der Waals surface area contributed by atoms with E-state index >= 15 is 0 Å². The van der Waals surface area contributed by atoms with Gasteiger partial charge in [0.05, 0.1) is 12.0 Å². The molecule has 0 fully saturated rings. The Bertz CT molecular complexity index is 1020. The smallest absolute Gasteiger partial charge is 0.178 e. The summed E-state index contributed by atoms with van der Waals surface area (Å²) in [6.45, 7) is 2.90. The lowest BCUT2D eigenvalue weighted by Crippen LogP contribution is -2.38. The summed E-state index contributed by atoms with van der Waals surface area (Å²) in [4.78, 5) is 14.0. The Kier molecular flexibility index (Phi) is 6.13. The van der Waals surface area contributed by atoms with Gasteiger partial charge in [-0.2, -0.15) is 0 Å². The number of ketones is 1. The van der Waals surface area contributed by atoms with Crippen molar-refractivity contribution in [3.8, 4) is 5.75 Å². The minimum absolute atomic E-state index is 0.128. The van der Waals surface area contributed by atoms with Gasteiger partial charge >= 0.3 is 0 Å². The van der Waals surface area contributed by atoms with Gasteiger partial charge in [-0.25, -0.2) is 0 Å². The van der Waals surface area contributed by atoms with E-state index in [4.69, 9.17) is 4.74 Å². The first kappa shape index (κ1) is 20.2. The van der Waals surface area contributed by atoms with Crippen LogP contribution in [0.3, 0.4) is 0 Å². The van der Waals surface area contributed by atoms with Crippen molar-refractivity contribution in [1.29, 1.82) is 0 Å². The van der Waals surface area contributed by atoms with Crippen LogP contribution in [-0.2, 0) is 5.41 Å². The molecule has 1 aliphatic rings. The monoisotopic (exact) mass is 396 g/mol. The summed E-state index contributed by atoms with van der Waals surface area (Å²) in [6, 6.07) is 26.0. The van der Waals surface area contributed by atoms with Gasteiger partial charge in [0.25, 0.3) is 0 Å². The maximum atomic E-state index is 14.0. The number of carbonyl (C=O) groups is 1. The van der Waals surface area contributed by atoms with E-state index in [0.29, 0.717) is 18.6 Å². The summed E-state index contributed by atoms with van der Waals surface area (Å²) in [5.74, 6) is 0.948. The zero-order valence-electron chi connectivity index (χ0n) is 17.5. The number of ether oxygens (including phenoxy) is 1. The van der Waals surface area contributed by atoms with Gasteiger partial charge in [-0.05, 0) is 53.8 Å². The van der Waals surface area contributed by atoms with Crippen LogP contribution in [0.25, 0.3) is 6.08 Å². The Morgan fingerprint density at radius 3 is 2.40 bits per heavy atom. The van der Waals surface area contributed by atoms with Crippen molar-refractivity contribution >= 4 is 11.9 Å². The largest absolute Gasteiger partial charge is 0.494 e. The summed E-state index contributed by atoms with van der Waals surface area (Å²) < 4.78 is 5.83. The second kappa shape index (κ2) is 9.13. The third-order valence-corrected chi connectivity index (χ3v) is 5.93. The summed E-state index contributed by atoms with van der Waals surface area (Å²) in [5, 5.41) is 0. The fourth-order valence-electron chi connectivity index (χ4n) is 4.34. The quantitative estimate of drug-likeness (QED) is 0.308. The molecule has 2 heteroatoms. The van der Waals surface area contributed by atoms with Crippen molar-refractivity contribution in [3.63, 3.8) is 0 Å². The van der Waals surface area contributed by atoms with E-state index in [1.807, 2.05) is 54.6 Å². The Labute approximate surface area is 179 Å². The summed E-state index contributed by atoms with van der Waals surface area (Å²) >= 11 is 0. The molecule has 1 aliphatic carbocycles. The molecular formula is C28H28O2. The van der Waals surface area contributed by atoms with Gasteiger partial charge < -0.3 is 4.74 Å². The highest BCUT2D eigenvalue weighted by Gasteiger charge is 2.43. The van der Waals surface area contributed by atoms with Crippen molar-refractivity contribution < 1.29 is 9.53 Å². The number of hydrogen-bond donors (Lipinski definition) is 0. The van der Waals surface area contributed by atoms with Crippen LogP contribution in [0, 0.1) is 0 Å². The van der Waals surface area contributed by atoms with Crippen LogP contribution in [0.5, 0.6) is 5.75 Å². The highest BCUT2D eigenvalue weighted by molar-refractivity contribution is 6.07. The lowest BCUT2D eigenvalue weighted by molar-refractivity contribution is 0.0912. The van der Waals surface area contributed by atoms with E-state index in [0.717, 1.165) is 28.9 Å². The Morgan fingerprint density at radius 2 is 1.63 bits per heavy atom. The number of unbranched alkanes of at least 4 members (excludes halogenated alkanes) is 2. The van der Waals surface area contributed by atoms with E-state index in [1.54, 1.807) is 0 Å². The topological polar surface area (TPSA) is 26.3 Å². The zero-order chi connectivity index (χ0) is 20.8. The van der Waals surface area contributed by atoms with Crippen LogP contribution in [0.15, 0.2) is 84.9 Å². The van der Waals surface area contributed by atoms with Crippen molar-refractivity contribution in [1.82, 2.24) is 0 Å². The highest BCUT2D eigenvalue weighted by Crippen LogP contribution is 2.44. The highest BCUT2D eigenvalue weighted by atomic mass is 16.5. The van der Waals surface area contributed by atoms with Gasteiger partial charge in [-0.3, -0.25) is 4.79 Å². The molecule has 152 valence electrons. The van der Waals surface area contributed by atoms with E-state index in [9.17, 15) is 4.79 Å². The third kappa shape index (κ3) is 3.82. The predicted molar refractivity (Wildman–Crippen MR) is 123 cm³/mol. The molecule has 0 aromatic heterocycles. The molecule has 0 radical (unpaired) electrons. The van der Waals surface area contributed by atoms with Gasteiger partial charge in [0, 0.05) is 5.56 Å². The van der Waals surface area contributed by atoms with E-state index in [-0.39, 0.29) is 5.78 Å². The van der Waals surface area contributed by atoms with Crippen molar-refractivity contribution in [2.24, 2.45) is 0 Å². The second-order valence-corrected chi connectivity index (χ2v) is 7.87. The Balaban J connectivity index is 1.69. The lowest BCUT2D eigenvalue weighted by atomic mass is 9.64. The van der Waals surface area contributed by atoms with E-state index in [1.165, 1.54) is 12.8 Å². The van der Waals surface area contributed by atoms with Crippen LogP contribution in [0.1, 0.15) is 59.7 Å². The molecule has 0 saturated carbocycles. The normalized spacial score (nSPS) is 17.4. The van der Waals surface area contributed by atoms with Crippen LogP contribution in [0.4, 0.5) is 0 Å². The molecule has 2 nitrogen and oxygen atoms in total. The van der Waals surface area contributed by atoms with Crippen molar-refractivity contribution in [2.45, 2.75) is 38.0 Å². The molecule has 3 aromatic carbocycles. The zero-order valence-corrected chi connectivity index (χ0v) is 17.5. The molecule has 4 rings (SSSR count). The van der Waals surface area contributed by atoms with Crippen molar-refractivity contribution in [3.05, 3.63) is 107 Å². The van der Waals surface area contributed by atoms with E-state index in [2.05, 4.69) is 43.3 Å². The average Bonchev–Trinajstić information content (AvgIpc) is 2.82. The summed E-state index contributed by atoms with van der Waals surface area (Å²) in [6.07, 6.45) is 8.30. The minimum atomic E-state index is -0.712. The molecular weight excluding hydrogens is 368 g/mol. The summed E-state index contributed by atoms with van der Waals surface area (Å²) in [5.41, 5.74) is 3.22. The lowest BCUT2D eigenvalue weighted by Gasteiger charge is -2.36. The maximum Gasteiger partial charge on any atom is 0.178 e. The fraction of sp³-hybridized carbons (Fsp3) is 0.250. The molecule has 0 saturated heterocycles. The standard InChI is InChI=1S/C28H28O2/c1-2-3-9-21-30-25-18-16-23(17-19-25)27(29)28(24-13-5-4-6-14-24)20-10-12-22-11-7-8-15-26(22)28/h4-8,10-19H,2-3,9,20-21H2,1H3. The van der Waals surface area contributed by atoms with Gasteiger partial charge in [-0.15, -0.1) is 0 Å². The minimum Gasteiger partial charge on any atom is -0.494 e. The number of benzene rings is 3. The number of hydrogen-bond acceptors (Lipinski definition) is 2. The first-order chi connectivity index (χ1) is 14.8. The van der Waals surface area contributed by atoms with Gasteiger partial charge in [0.15, 0.2) is 5.78 Å². The molecule has 0 spiro atoms. The number of carbonyl (C=O) groups excluding carboxylic acids is 1. The number of rotatable bonds is 8. The van der Waals surface area contributed by atoms with Gasteiger partial charge in [-0.1, -0.05) is 86.5 Å². The molecule has 1 atom stereocenters. The van der Waals surface area contributed by atoms with Crippen LogP contribution in [0.2, 0.25) is 0 Å². The number of Topliss-reactive ketones (excluding diaryl/α,β-unsaturated/α-hetero) is 1. The fourth-order valence-corrected chi connectivity index (χ4v) is 4.34. The molecule has 30 heavy (non-hydrogen) atoms. The third-order valence-electron chi connectivity index (χ3n) is 5.93. The molecule has 0 N–H and O–H groups in total. The molecule has 1 unspecified atom stereocenters. The molecule has 0 aliphatic heterocycles. The molecule has 3 aromatic rings. The van der Waals surface area contributed by atoms with Gasteiger partial charge in [0.2, 0.25) is 0 Å². The van der Waals surface area contributed by atoms with Crippen molar-refractivity contribution in [2.75, 3.05) is 6.61 Å². The first-order valence-corrected chi connectivity index (χ1v) is 10.8. The van der Waals surface area contributed by atoms with E-state index < -0.39 is 5.41 Å². The number of fused-ring (bicyclic) bond motifs is 1. The maximum absolute atomic E-state index is 14.0. The predicted octanol–water partition coefficient (Wildman–Crippen LogP) is 6.84. The molecule has 0 heterocycles. The van der Waals surface area contributed by atoms with Gasteiger partial charge in [0.1, 0.15) is 5.75 Å². The first-order valence-electron chi connectivity index (χ1n) is 10.8. The van der Waals surface area contributed by atoms with Crippen LogP contribution in [-0.4, -0.2) is 12.4 Å².